The van der Waals surface area contributed by atoms with Crippen LogP contribution in [0, 0.1) is 44.6 Å². The van der Waals surface area contributed by atoms with Gasteiger partial charge >= 0.3 is 0 Å². The molecule has 9 rings (SSSR count). The first-order valence-electron chi connectivity index (χ1n) is 18.5. The molecule has 0 saturated heterocycles. The van der Waals surface area contributed by atoms with Gasteiger partial charge in [0, 0.05) is 49.4 Å². The fourth-order valence-electron chi connectivity index (χ4n) is 7.87. The van der Waals surface area contributed by atoms with Crippen LogP contribution in [0.15, 0.2) is 95.7 Å². The molecule has 8 aromatic rings. The van der Waals surface area contributed by atoms with E-state index in [2.05, 4.69) is 60.2 Å². The smallest absolute Gasteiger partial charge is 0.248 e. The van der Waals surface area contributed by atoms with E-state index in [0.29, 0.717) is 17.7 Å². The predicted octanol–water partition coefficient (Wildman–Crippen LogP) is 12.9. The Hall–Kier alpha value is -4.91. The Labute approximate surface area is 332 Å². The van der Waals surface area contributed by atoms with E-state index < -0.39 is 5.92 Å². The van der Waals surface area contributed by atoms with Crippen LogP contribution in [0.5, 0.6) is 0 Å². The van der Waals surface area contributed by atoms with E-state index in [0.717, 1.165) is 95.1 Å². The summed E-state index contributed by atoms with van der Waals surface area (Å²) < 4.78 is 48.0. The number of hydrogen-bond acceptors (Lipinski definition) is 4. The number of alkyl halides is 2. The molecule has 1 fully saturated rings. The minimum atomic E-state index is -2.54. The van der Waals surface area contributed by atoms with Gasteiger partial charge < -0.3 is 9.40 Å². The van der Waals surface area contributed by atoms with E-state index in [1.165, 1.54) is 12.4 Å². The summed E-state index contributed by atoms with van der Waals surface area (Å²) in [4.78, 5) is 13.8. The number of hydrogen-bond donors (Lipinski definition) is 0. The Kier molecular flexibility index (Phi) is 10.7. The van der Waals surface area contributed by atoms with Crippen molar-refractivity contribution in [1.82, 2.24) is 15.0 Å². The molecule has 4 nitrogen and oxygen atoms in total. The fourth-order valence-corrected chi connectivity index (χ4v) is 7.87. The molecule has 1 saturated carbocycles. The van der Waals surface area contributed by atoms with Crippen LogP contribution in [0.3, 0.4) is 0 Å². The Morgan fingerprint density at radius 2 is 1.58 bits per heavy atom. The van der Waals surface area contributed by atoms with Crippen molar-refractivity contribution in [3.8, 4) is 22.5 Å². The van der Waals surface area contributed by atoms with E-state index >= 15 is 0 Å². The normalized spacial score (nSPS) is 15.1. The molecule has 0 amide bonds. The summed E-state index contributed by atoms with van der Waals surface area (Å²) in [7, 11) is 0. The van der Waals surface area contributed by atoms with Crippen LogP contribution in [0.25, 0.3) is 66.1 Å². The van der Waals surface area contributed by atoms with Crippen molar-refractivity contribution in [3.63, 3.8) is 0 Å². The number of rotatable bonds is 5. The summed E-state index contributed by atoms with van der Waals surface area (Å²) in [6, 6.07) is 33.9. The summed E-state index contributed by atoms with van der Waals surface area (Å²) in [5, 5.41) is 4.40. The van der Waals surface area contributed by atoms with Gasteiger partial charge in [0.15, 0.2) is 0 Å². The van der Waals surface area contributed by atoms with Crippen LogP contribution in [0.2, 0.25) is 0 Å². The number of pyridine rings is 1. The van der Waals surface area contributed by atoms with Crippen LogP contribution in [0.1, 0.15) is 67.0 Å². The number of nitrogens with zero attached hydrogens (tertiary/aromatic N) is 3. The summed E-state index contributed by atoms with van der Waals surface area (Å²) in [6.45, 7) is 10.4. The van der Waals surface area contributed by atoms with Crippen molar-refractivity contribution in [2.24, 2.45) is 5.92 Å². The second kappa shape index (κ2) is 15.3. The first-order valence-corrected chi connectivity index (χ1v) is 18.5. The van der Waals surface area contributed by atoms with Crippen molar-refractivity contribution in [2.75, 3.05) is 0 Å². The minimum Gasteiger partial charge on any atom is -0.501 e. The topological polar surface area (TPSA) is 51.8 Å². The van der Waals surface area contributed by atoms with E-state index in [1.54, 1.807) is 6.07 Å². The summed E-state index contributed by atoms with van der Waals surface area (Å²) in [6.07, 6.45) is 2.76. The number of fused-ring (bicyclic) bond motifs is 5. The molecule has 1 atom stereocenters. The van der Waals surface area contributed by atoms with Crippen molar-refractivity contribution in [1.29, 1.82) is 0 Å². The minimum absolute atomic E-state index is 0. The van der Waals surface area contributed by atoms with Gasteiger partial charge in [-0.05, 0) is 76.7 Å². The third kappa shape index (κ3) is 7.81. The molecule has 1 unspecified atom stereocenters. The Bertz CT molecular complexity index is 2680. The first kappa shape index (κ1) is 38.4. The van der Waals surface area contributed by atoms with Crippen molar-refractivity contribution >= 4 is 43.6 Å². The molecule has 5 aromatic carbocycles. The first-order chi connectivity index (χ1) is 25.9. The molecular formula is C47H40F3IrN3O-2. The molecule has 1 radical (unpaired) electrons. The van der Waals surface area contributed by atoms with Crippen molar-refractivity contribution in [3.05, 3.63) is 137 Å². The van der Waals surface area contributed by atoms with Gasteiger partial charge in [-0.3, -0.25) is 4.98 Å². The predicted molar refractivity (Wildman–Crippen MR) is 211 cm³/mol. The number of halogens is 3. The summed E-state index contributed by atoms with van der Waals surface area (Å²) >= 11 is 0. The molecule has 281 valence electrons. The molecule has 8 heteroatoms. The van der Waals surface area contributed by atoms with Gasteiger partial charge in [0.2, 0.25) is 5.92 Å². The van der Waals surface area contributed by atoms with E-state index in [-0.39, 0.29) is 44.7 Å². The van der Waals surface area contributed by atoms with Gasteiger partial charge in [0.1, 0.15) is 17.7 Å². The third-order valence-electron chi connectivity index (χ3n) is 10.2. The quantitative estimate of drug-likeness (QED) is 0.161. The molecule has 1 aliphatic rings. The monoisotopic (exact) mass is 912 g/mol. The number of benzene rings is 5. The van der Waals surface area contributed by atoms with Crippen LogP contribution < -0.4 is 0 Å². The van der Waals surface area contributed by atoms with E-state index in [4.69, 9.17) is 9.40 Å². The number of para-hydroxylation sites is 1. The van der Waals surface area contributed by atoms with Crippen molar-refractivity contribution in [2.45, 2.75) is 72.1 Å². The third-order valence-corrected chi connectivity index (χ3v) is 10.2. The average molecular weight is 912 g/mol. The fraction of sp³-hybridized carbons (Fsp3) is 0.255. The van der Waals surface area contributed by atoms with Gasteiger partial charge in [-0.15, -0.1) is 52.6 Å². The molecule has 0 N–H and O–H groups in total. The van der Waals surface area contributed by atoms with Crippen LogP contribution in [0.4, 0.5) is 13.2 Å². The van der Waals surface area contributed by atoms with E-state index in [1.807, 2.05) is 69.3 Å². The van der Waals surface area contributed by atoms with Crippen molar-refractivity contribution < 1.29 is 37.7 Å². The summed E-state index contributed by atoms with van der Waals surface area (Å²) in [5.74, 6) is -2.44. The molecule has 0 spiro atoms. The zero-order chi connectivity index (χ0) is 37.7. The molecule has 0 bridgehead atoms. The van der Waals surface area contributed by atoms with Crippen LogP contribution >= 0.6 is 0 Å². The Morgan fingerprint density at radius 1 is 0.800 bits per heavy atom. The maximum absolute atomic E-state index is 14.7. The number of aromatic nitrogens is 3. The van der Waals surface area contributed by atoms with E-state index in [9.17, 15) is 13.2 Å². The van der Waals surface area contributed by atoms with Gasteiger partial charge in [-0.25, -0.2) is 18.2 Å². The molecule has 0 aliphatic heterocycles. The Balaban J connectivity index is 0.000000168. The zero-order valence-corrected chi connectivity index (χ0v) is 33.8. The largest absolute Gasteiger partial charge is 0.501 e. The van der Waals surface area contributed by atoms with Gasteiger partial charge in [0.05, 0.1) is 11.1 Å². The van der Waals surface area contributed by atoms with Gasteiger partial charge in [0.25, 0.3) is 0 Å². The molecule has 3 heterocycles. The van der Waals surface area contributed by atoms with Crippen LogP contribution in [-0.4, -0.2) is 20.9 Å². The average Bonchev–Trinajstić information content (AvgIpc) is 3.70. The van der Waals surface area contributed by atoms with Gasteiger partial charge in [-0.1, -0.05) is 88.0 Å². The zero-order valence-electron chi connectivity index (χ0n) is 31.4. The van der Waals surface area contributed by atoms with Crippen LogP contribution in [-0.2, 0) is 26.5 Å². The maximum atomic E-state index is 14.7. The standard InChI is InChI=1S/C26H21FNO.C21H19F2N2.Ir/c1-15(2)11-17-14-20-19(8-6-9-23(20)27)25(28-17)22-13-16(3)12-21-18-7-4-5-10-24(18)29-26(21)22;1-13-7-14(2)9-17(8-13)20-18-4-3-15(10-19(18)24-12-25-20)16-5-6-21(22,23)11-16;/h4-10,12,14-15H,11H2,1-3H3;3-4,7-8,10,12,16H,5-6,11H2,1-2H3;/q2*-1;. The number of furan rings is 1. The van der Waals surface area contributed by atoms with Gasteiger partial charge in [-0.2, -0.15) is 0 Å². The molecule has 3 aromatic heterocycles. The maximum Gasteiger partial charge on any atom is 0.248 e. The second-order valence-corrected chi connectivity index (χ2v) is 15.1. The Morgan fingerprint density at radius 3 is 2.35 bits per heavy atom. The number of aryl methyl sites for hydroxylation is 3. The molecule has 55 heavy (non-hydrogen) atoms. The molecular weight excluding hydrogens is 872 g/mol. The SMILES string of the molecule is Cc1[c-]c(-c2nc(CC(C)C)cc3c(F)cccc23)c2oc3ccccc3c2c1.Cc1[c-]c(-c2ncnc3cc(C4CCC(F)(F)C4)ccc23)cc(C)c1.[Ir]. The summed E-state index contributed by atoms with van der Waals surface area (Å²) in [5.41, 5.74) is 10.7. The second-order valence-electron chi connectivity index (χ2n) is 15.1. The molecule has 1 aliphatic carbocycles.